The molecule has 0 aliphatic rings. The van der Waals surface area contributed by atoms with Crippen molar-refractivity contribution < 1.29 is 9.84 Å². The lowest BCUT2D eigenvalue weighted by atomic mass is 9.84. The minimum Gasteiger partial charge on any atom is -0.456 e. The molecule has 0 saturated carbocycles. The summed E-state index contributed by atoms with van der Waals surface area (Å²) in [4.78, 5) is 0.771. The normalized spacial score (nSPS) is 13.1. The molecule has 0 aliphatic heterocycles. The van der Waals surface area contributed by atoms with E-state index >= 15 is 0 Å². The van der Waals surface area contributed by atoms with Crippen molar-refractivity contribution in [1.82, 2.24) is 0 Å². The van der Waals surface area contributed by atoms with Crippen LogP contribution in [0.25, 0.3) is 0 Å². The molecular weight excluding hydrogens is 268 g/mol. The van der Waals surface area contributed by atoms with Crippen molar-refractivity contribution in [3.05, 3.63) is 54.1 Å². The van der Waals surface area contributed by atoms with E-state index in [-0.39, 0.29) is 5.41 Å². The van der Waals surface area contributed by atoms with Crippen molar-refractivity contribution in [2.75, 3.05) is 0 Å². The lowest BCUT2D eigenvalue weighted by Gasteiger charge is -2.27. The average molecular weight is 288 g/mol. The highest BCUT2D eigenvalue weighted by atomic mass is 32.1. The SMILES string of the molecule is CC(C)(C)C(O)c1ccccc1Oc1ccccc1S. The first-order chi connectivity index (χ1) is 9.39. The number of hydrogen-bond acceptors (Lipinski definition) is 3. The number of benzene rings is 2. The predicted molar refractivity (Wildman–Crippen MR) is 84.6 cm³/mol. The van der Waals surface area contributed by atoms with Crippen molar-refractivity contribution in [2.45, 2.75) is 31.8 Å². The zero-order valence-electron chi connectivity index (χ0n) is 12.0. The summed E-state index contributed by atoms with van der Waals surface area (Å²) in [5, 5.41) is 10.5. The summed E-state index contributed by atoms with van der Waals surface area (Å²) >= 11 is 4.38. The molecule has 0 bridgehead atoms. The fraction of sp³-hybridized carbons (Fsp3) is 0.294. The van der Waals surface area contributed by atoms with E-state index in [4.69, 9.17) is 4.74 Å². The van der Waals surface area contributed by atoms with Gasteiger partial charge in [-0.3, -0.25) is 0 Å². The number of rotatable bonds is 3. The first-order valence-electron chi connectivity index (χ1n) is 6.62. The minimum atomic E-state index is -0.592. The Kier molecular flexibility index (Phi) is 4.41. The standard InChI is InChI=1S/C17H20O2S/c1-17(2,3)16(18)12-8-4-5-9-13(12)19-14-10-6-7-11-15(14)20/h4-11,16,18,20H,1-3H3. The van der Waals surface area contributed by atoms with Gasteiger partial charge in [0.25, 0.3) is 0 Å². The first kappa shape index (κ1) is 14.9. The Morgan fingerprint density at radius 2 is 1.50 bits per heavy atom. The summed E-state index contributed by atoms with van der Waals surface area (Å²) in [5.74, 6) is 1.35. The number of ether oxygens (including phenoxy) is 1. The molecule has 106 valence electrons. The molecule has 2 rings (SSSR count). The third-order valence-electron chi connectivity index (χ3n) is 3.12. The van der Waals surface area contributed by atoms with Crippen molar-refractivity contribution in [2.24, 2.45) is 5.41 Å². The van der Waals surface area contributed by atoms with E-state index < -0.39 is 6.10 Å². The van der Waals surface area contributed by atoms with Gasteiger partial charge >= 0.3 is 0 Å². The monoisotopic (exact) mass is 288 g/mol. The van der Waals surface area contributed by atoms with Crippen LogP contribution < -0.4 is 4.74 Å². The molecule has 0 aliphatic carbocycles. The lowest BCUT2D eigenvalue weighted by molar-refractivity contribution is 0.0608. The summed E-state index contributed by atoms with van der Waals surface area (Å²) in [6.45, 7) is 6.00. The highest BCUT2D eigenvalue weighted by molar-refractivity contribution is 7.80. The molecule has 0 spiro atoms. The quantitative estimate of drug-likeness (QED) is 0.791. The molecule has 0 saturated heterocycles. The molecule has 2 aromatic rings. The van der Waals surface area contributed by atoms with Gasteiger partial charge in [0, 0.05) is 10.5 Å². The van der Waals surface area contributed by atoms with Gasteiger partial charge < -0.3 is 9.84 Å². The largest absolute Gasteiger partial charge is 0.456 e. The topological polar surface area (TPSA) is 29.5 Å². The number of para-hydroxylation sites is 2. The molecule has 1 unspecified atom stereocenters. The molecule has 0 aromatic heterocycles. The highest BCUT2D eigenvalue weighted by Crippen LogP contribution is 2.39. The van der Waals surface area contributed by atoms with Crippen LogP contribution in [-0.4, -0.2) is 5.11 Å². The fourth-order valence-electron chi connectivity index (χ4n) is 1.93. The summed E-state index contributed by atoms with van der Waals surface area (Å²) < 4.78 is 5.92. The van der Waals surface area contributed by atoms with Gasteiger partial charge in [0.15, 0.2) is 0 Å². The van der Waals surface area contributed by atoms with Crippen LogP contribution in [0.1, 0.15) is 32.4 Å². The zero-order valence-corrected chi connectivity index (χ0v) is 12.9. The number of aliphatic hydroxyl groups excluding tert-OH is 1. The zero-order chi connectivity index (χ0) is 14.8. The molecule has 1 N–H and O–H groups in total. The van der Waals surface area contributed by atoms with Crippen LogP contribution >= 0.6 is 12.6 Å². The Bertz CT molecular complexity index is 588. The van der Waals surface area contributed by atoms with Crippen LogP contribution in [0.4, 0.5) is 0 Å². The third kappa shape index (κ3) is 3.35. The van der Waals surface area contributed by atoms with E-state index in [2.05, 4.69) is 12.6 Å². The average Bonchev–Trinajstić information content (AvgIpc) is 2.40. The Morgan fingerprint density at radius 3 is 2.10 bits per heavy atom. The Morgan fingerprint density at radius 1 is 0.950 bits per heavy atom. The van der Waals surface area contributed by atoms with E-state index in [1.165, 1.54) is 0 Å². The van der Waals surface area contributed by atoms with Gasteiger partial charge in [0.05, 0.1) is 6.10 Å². The maximum Gasteiger partial charge on any atom is 0.140 e. The molecule has 0 amide bonds. The molecule has 0 fully saturated rings. The van der Waals surface area contributed by atoms with E-state index in [0.29, 0.717) is 11.5 Å². The molecule has 3 heteroatoms. The molecule has 20 heavy (non-hydrogen) atoms. The van der Waals surface area contributed by atoms with Crippen molar-refractivity contribution in [1.29, 1.82) is 0 Å². The van der Waals surface area contributed by atoms with Crippen LogP contribution in [0.15, 0.2) is 53.4 Å². The minimum absolute atomic E-state index is 0.250. The van der Waals surface area contributed by atoms with Gasteiger partial charge in [-0.25, -0.2) is 0 Å². The Hall–Kier alpha value is -1.45. The Labute approximate surface area is 125 Å². The predicted octanol–water partition coefficient (Wildman–Crippen LogP) is 4.85. The second-order valence-electron chi connectivity index (χ2n) is 5.88. The first-order valence-corrected chi connectivity index (χ1v) is 7.07. The summed E-state index contributed by atoms with van der Waals surface area (Å²) in [5.41, 5.74) is 0.538. The second-order valence-corrected chi connectivity index (χ2v) is 6.36. The number of aliphatic hydroxyl groups is 1. The van der Waals surface area contributed by atoms with Crippen molar-refractivity contribution in [3.8, 4) is 11.5 Å². The van der Waals surface area contributed by atoms with Gasteiger partial charge in [0.1, 0.15) is 11.5 Å². The van der Waals surface area contributed by atoms with Crippen LogP contribution in [0.2, 0.25) is 0 Å². The van der Waals surface area contributed by atoms with E-state index in [1.54, 1.807) is 0 Å². The molecule has 0 radical (unpaired) electrons. The summed E-state index contributed by atoms with van der Waals surface area (Å²) in [7, 11) is 0. The maximum atomic E-state index is 10.5. The third-order valence-corrected chi connectivity index (χ3v) is 3.49. The van der Waals surface area contributed by atoms with E-state index in [9.17, 15) is 5.11 Å². The van der Waals surface area contributed by atoms with Gasteiger partial charge in [-0.2, -0.15) is 0 Å². The molecule has 1 atom stereocenters. The smallest absolute Gasteiger partial charge is 0.140 e. The van der Waals surface area contributed by atoms with Crippen LogP contribution in [0.5, 0.6) is 11.5 Å². The molecule has 2 aromatic carbocycles. The summed E-state index contributed by atoms with van der Waals surface area (Å²) in [6, 6.07) is 15.1. The second kappa shape index (κ2) is 5.90. The van der Waals surface area contributed by atoms with Crippen LogP contribution in [-0.2, 0) is 0 Å². The van der Waals surface area contributed by atoms with Crippen molar-refractivity contribution >= 4 is 12.6 Å². The number of thiol groups is 1. The van der Waals surface area contributed by atoms with Crippen molar-refractivity contribution in [3.63, 3.8) is 0 Å². The van der Waals surface area contributed by atoms with E-state index in [1.807, 2.05) is 69.3 Å². The summed E-state index contributed by atoms with van der Waals surface area (Å²) in [6.07, 6.45) is -0.592. The fourth-order valence-corrected chi connectivity index (χ4v) is 2.13. The maximum absolute atomic E-state index is 10.5. The number of hydrogen-bond donors (Lipinski definition) is 2. The lowest BCUT2D eigenvalue weighted by Crippen LogP contribution is -2.18. The Balaban J connectivity index is 2.36. The van der Waals surface area contributed by atoms with Gasteiger partial charge in [0.2, 0.25) is 0 Å². The molecule has 2 nitrogen and oxygen atoms in total. The molecular formula is C17H20O2S. The van der Waals surface area contributed by atoms with Crippen LogP contribution in [0, 0.1) is 5.41 Å². The molecule has 0 heterocycles. The van der Waals surface area contributed by atoms with Gasteiger partial charge in [-0.1, -0.05) is 51.1 Å². The highest BCUT2D eigenvalue weighted by Gasteiger charge is 2.26. The van der Waals surface area contributed by atoms with Crippen LogP contribution in [0.3, 0.4) is 0 Å². The van der Waals surface area contributed by atoms with Gasteiger partial charge in [-0.15, -0.1) is 12.6 Å². The van der Waals surface area contributed by atoms with E-state index in [0.717, 1.165) is 10.5 Å². The van der Waals surface area contributed by atoms with Gasteiger partial charge in [-0.05, 0) is 23.6 Å².